The predicted molar refractivity (Wildman–Crippen MR) is 89.4 cm³/mol. The number of likely N-dealkylation sites (tertiary alicyclic amines) is 1. The molecule has 1 saturated heterocycles. The number of piperidine rings is 1. The van der Waals surface area contributed by atoms with Gasteiger partial charge in [-0.2, -0.15) is 0 Å². The molecule has 1 amide bonds. The van der Waals surface area contributed by atoms with Gasteiger partial charge in [-0.05, 0) is 43.4 Å². The molecule has 2 aromatic rings. The van der Waals surface area contributed by atoms with Gasteiger partial charge in [0.05, 0.1) is 12.5 Å². The third kappa shape index (κ3) is 3.44. The fourth-order valence-electron chi connectivity index (χ4n) is 3.51. The Hall–Kier alpha value is -2.16. The highest BCUT2D eigenvalue weighted by molar-refractivity contribution is 5.79. The van der Waals surface area contributed by atoms with Crippen molar-refractivity contribution in [1.82, 2.24) is 4.90 Å². The number of amides is 1. The maximum absolute atomic E-state index is 13.9. The molecule has 0 bridgehead atoms. The van der Waals surface area contributed by atoms with E-state index in [4.69, 9.17) is 0 Å². The molecule has 120 valence electrons. The summed E-state index contributed by atoms with van der Waals surface area (Å²) in [7, 11) is 0. The fourth-order valence-corrected chi connectivity index (χ4v) is 3.51. The molecule has 3 rings (SSSR count). The Morgan fingerprint density at radius 3 is 2.52 bits per heavy atom. The van der Waals surface area contributed by atoms with E-state index in [1.807, 2.05) is 23.1 Å². The Morgan fingerprint density at radius 2 is 1.78 bits per heavy atom. The summed E-state index contributed by atoms with van der Waals surface area (Å²) in [5.74, 6) is -0.294. The van der Waals surface area contributed by atoms with E-state index in [0.717, 1.165) is 19.3 Å². The van der Waals surface area contributed by atoms with Crippen LogP contribution in [-0.2, 0) is 11.2 Å². The van der Waals surface area contributed by atoms with Crippen molar-refractivity contribution in [2.75, 3.05) is 0 Å². The minimum absolute atomic E-state index is 0.0103. The lowest BCUT2D eigenvalue weighted by atomic mass is 9.90. The van der Waals surface area contributed by atoms with Crippen LogP contribution >= 0.6 is 0 Å². The molecule has 23 heavy (non-hydrogen) atoms. The average Bonchev–Trinajstić information content (AvgIpc) is 2.57. The molecule has 2 aromatic carbocycles. The number of nitrogens with zero attached hydrogens (tertiary/aromatic N) is 1. The van der Waals surface area contributed by atoms with Crippen molar-refractivity contribution in [2.45, 2.75) is 44.7 Å². The van der Waals surface area contributed by atoms with Gasteiger partial charge in [0.1, 0.15) is 5.82 Å². The second-order valence-corrected chi connectivity index (χ2v) is 6.28. The molecule has 0 aromatic heterocycles. The van der Waals surface area contributed by atoms with Crippen LogP contribution in [0.4, 0.5) is 4.39 Å². The van der Waals surface area contributed by atoms with Crippen LogP contribution in [0.5, 0.6) is 0 Å². The van der Waals surface area contributed by atoms with Crippen LogP contribution in [0.2, 0.25) is 0 Å². The third-order valence-corrected chi connectivity index (χ3v) is 4.68. The lowest BCUT2D eigenvalue weighted by Crippen LogP contribution is -2.45. The predicted octanol–water partition coefficient (Wildman–Crippen LogP) is 4.51. The van der Waals surface area contributed by atoms with E-state index in [1.54, 1.807) is 18.2 Å². The summed E-state index contributed by atoms with van der Waals surface area (Å²) >= 11 is 0. The van der Waals surface area contributed by atoms with Crippen LogP contribution in [0.25, 0.3) is 0 Å². The average molecular weight is 311 g/mol. The number of carbonyl (C=O) groups excluding carboxylic acids is 1. The van der Waals surface area contributed by atoms with Crippen LogP contribution in [0, 0.1) is 5.82 Å². The second kappa shape index (κ2) is 6.95. The first-order valence-electron chi connectivity index (χ1n) is 8.26. The van der Waals surface area contributed by atoms with Crippen molar-refractivity contribution < 1.29 is 9.18 Å². The quantitative estimate of drug-likeness (QED) is 0.816. The summed E-state index contributed by atoms with van der Waals surface area (Å²) in [6, 6.07) is 17.0. The topological polar surface area (TPSA) is 20.3 Å². The fraction of sp³-hybridized carbons (Fsp3) is 0.350. The molecular formula is C20H22FNO. The van der Waals surface area contributed by atoms with Crippen LogP contribution < -0.4 is 0 Å². The molecule has 1 fully saturated rings. The summed E-state index contributed by atoms with van der Waals surface area (Å²) in [4.78, 5) is 14.8. The van der Waals surface area contributed by atoms with Crippen molar-refractivity contribution in [3.8, 4) is 0 Å². The molecule has 0 N–H and O–H groups in total. The number of hydrogen-bond acceptors (Lipinski definition) is 1. The van der Waals surface area contributed by atoms with E-state index in [2.05, 4.69) is 19.1 Å². The van der Waals surface area contributed by atoms with Crippen LogP contribution in [0.1, 0.15) is 43.4 Å². The van der Waals surface area contributed by atoms with Gasteiger partial charge in [-0.3, -0.25) is 4.79 Å². The number of halogens is 1. The normalized spacial score (nSPS) is 21.2. The Labute approximate surface area is 136 Å². The molecule has 1 heterocycles. The highest BCUT2D eigenvalue weighted by atomic mass is 19.1. The van der Waals surface area contributed by atoms with Crippen molar-refractivity contribution in [1.29, 1.82) is 0 Å². The van der Waals surface area contributed by atoms with E-state index in [9.17, 15) is 9.18 Å². The zero-order chi connectivity index (χ0) is 16.2. The standard InChI is InChI=1S/C20H22FNO/c1-15-8-7-13-19(16-9-3-2-4-10-16)22(15)20(23)14-17-11-5-6-12-18(17)21/h2-6,9-12,15,19H,7-8,13-14H2,1H3/t15-,19-/m1/s1. The lowest BCUT2D eigenvalue weighted by molar-refractivity contribution is -0.137. The van der Waals surface area contributed by atoms with Crippen molar-refractivity contribution >= 4 is 5.91 Å². The minimum atomic E-state index is -0.304. The zero-order valence-corrected chi connectivity index (χ0v) is 13.4. The van der Waals surface area contributed by atoms with E-state index in [1.165, 1.54) is 11.6 Å². The van der Waals surface area contributed by atoms with Gasteiger partial charge in [0.2, 0.25) is 5.91 Å². The minimum Gasteiger partial charge on any atom is -0.333 e. The van der Waals surface area contributed by atoms with E-state index >= 15 is 0 Å². The molecule has 2 nitrogen and oxygen atoms in total. The van der Waals surface area contributed by atoms with Crippen molar-refractivity contribution in [2.24, 2.45) is 0 Å². The van der Waals surface area contributed by atoms with Gasteiger partial charge in [-0.1, -0.05) is 48.5 Å². The summed E-state index contributed by atoms with van der Waals surface area (Å²) in [6.07, 6.45) is 3.22. The largest absolute Gasteiger partial charge is 0.333 e. The first-order chi connectivity index (χ1) is 11.2. The molecule has 0 spiro atoms. The number of carbonyl (C=O) groups is 1. The second-order valence-electron chi connectivity index (χ2n) is 6.28. The van der Waals surface area contributed by atoms with Crippen molar-refractivity contribution in [3.05, 3.63) is 71.5 Å². The lowest BCUT2D eigenvalue weighted by Gasteiger charge is -2.41. The first-order valence-corrected chi connectivity index (χ1v) is 8.26. The Morgan fingerprint density at radius 1 is 1.09 bits per heavy atom. The van der Waals surface area contributed by atoms with Crippen LogP contribution in [0.15, 0.2) is 54.6 Å². The monoisotopic (exact) mass is 311 g/mol. The van der Waals surface area contributed by atoms with Gasteiger partial charge < -0.3 is 4.90 Å². The Bertz CT molecular complexity index is 670. The SMILES string of the molecule is C[C@@H]1CCC[C@H](c2ccccc2)N1C(=O)Cc1ccccc1F. The van der Waals surface area contributed by atoms with Crippen LogP contribution in [-0.4, -0.2) is 16.8 Å². The van der Waals surface area contributed by atoms with Gasteiger partial charge in [0.25, 0.3) is 0 Å². The number of benzene rings is 2. The van der Waals surface area contributed by atoms with E-state index in [0.29, 0.717) is 5.56 Å². The van der Waals surface area contributed by atoms with Gasteiger partial charge in [-0.15, -0.1) is 0 Å². The molecule has 0 saturated carbocycles. The van der Waals surface area contributed by atoms with E-state index < -0.39 is 0 Å². The summed E-state index contributed by atoms with van der Waals surface area (Å²) in [5.41, 5.74) is 1.64. The molecule has 2 atom stereocenters. The Kier molecular flexibility index (Phi) is 4.75. The van der Waals surface area contributed by atoms with E-state index in [-0.39, 0.29) is 30.2 Å². The van der Waals surface area contributed by atoms with Crippen molar-refractivity contribution in [3.63, 3.8) is 0 Å². The Balaban J connectivity index is 1.84. The van der Waals surface area contributed by atoms with Gasteiger partial charge in [-0.25, -0.2) is 4.39 Å². The highest BCUT2D eigenvalue weighted by Crippen LogP contribution is 2.34. The molecular weight excluding hydrogens is 289 g/mol. The molecule has 0 radical (unpaired) electrons. The third-order valence-electron chi connectivity index (χ3n) is 4.68. The molecule has 1 aliphatic heterocycles. The highest BCUT2D eigenvalue weighted by Gasteiger charge is 2.32. The maximum atomic E-state index is 13.9. The van der Waals surface area contributed by atoms with Gasteiger partial charge in [0.15, 0.2) is 0 Å². The molecule has 3 heteroatoms. The van der Waals surface area contributed by atoms with Gasteiger partial charge >= 0.3 is 0 Å². The number of hydrogen-bond donors (Lipinski definition) is 0. The molecule has 0 aliphatic carbocycles. The smallest absolute Gasteiger partial charge is 0.227 e. The molecule has 1 aliphatic rings. The summed E-state index contributed by atoms with van der Waals surface area (Å²) in [5, 5.41) is 0. The van der Waals surface area contributed by atoms with Gasteiger partial charge in [0, 0.05) is 6.04 Å². The number of rotatable bonds is 3. The summed E-state index contributed by atoms with van der Waals surface area (Å²) in [6.45, 7) is 2.09. The molecule has 0 unspecified atom stereocenters. The maximum Gasteiger partial charge on any atom is 0.227 e. The zero-order valence-electron chi connectivity index (χ0n) is 13.4. The van der Waals surface area contributed by atoms with Crippen LogP contribution in [0.3, 0.4) is 0 Å². The first kappa shape index (κ1) is 15.7. The summed E-state index contributed by atoms with van der Waals surface area (Å²) < 4.78 is 13.9.